The number of rotatable bonds is 5. The third-order valence-electron chi connectivity index (χ3n) is 1.81. The first-order chi connectivity index (χ1) is 5.65. The third-order valence-corrected chi connectivity index (χ3v) is 1.81. The van der Waals surface area contributed by atoms with Gasteiger partial charge in [0.1, 0.15) is 6.10 Å². The fraction of sp³-hybridized carbons (Fsp3) is 0.833. The number of nitrogens with two attached hydrogens (primary N) is 2. The molecule has 6 heteroatoms. The van der Waals surface area contributed by atoms with Crippen LogP contribution in [-0.2, 0) is 9.53 Å². The van der Waals surface area contributed by atoms with E-state index in [0.717, 1.165) is 0 Å². The second kappa shape index (κ2) is 3.81. The maximum atomic E-state index is 10.4. The van der Waals surface area contributed by atoms with E-state index in [1.54, 1.807) is 0 Å². The lowest BCUT2D eigenvalue weighted by Gasteiger charge is -2.10. The zero-order chi connectivity index (χ0) is 9.14. The van der Waals surface area contributed by atoms with Gasteiger partial charge in [-0.2, -0.15) is 0 Å². The summed E-state index contributed by atoms with van der Waals surface area (Å²) in [5.41, 5.74) is 7.40. The topological polar surface area (TPSA) is 114 Å². The van der Waals surface area contributed by atoms with E-state index < -0.39 is 6.29 Å². The highest BCUT2D eigenvalue weighted by molar-refractivity contribution is 5.73. The van der Waals surface area contributed by atoms with E-state index >= 15 is 0 Å². The molecule has 6 N–H and O–H groups in total. The lowest BCUT2D eigenvalue weighted by Crippen LogP contribution is -2.40. The molecule has 3 atom stereocenters. The average molecular weight is 175 g/mol. The van der Waals surface area contributed by atoms with Gasteiger partial charge < -0.3 is 15.6 Å². The monoisotopic (exact) mass is 175 g/mol. The molecule has 0 saturated carbocycles. The van der Waals surface area contributed by atoms with Gasteiger partial charge in [0.15, 0.2) is 6.29 Å². The predicted molar refractivity (Wildman–Crippen MR) is 40.4 cm³/mol. The minimum atomic E-state index is -0.751. The summed E-state index contributed by atoms with van der Waals surface area (Å²) < 4.78 is 4.76. The number of carbonyl (C=O) groups is 1. The summed E-state index contributed by atoms with van der Waals surface area (Å²) in [6.07, 6.45) is -0.331. The Bertz CT molecular complexity index is 175. The SMILES string of the molecule is NNC(CCC(N)=O)C1OC1O. The van der Waals surface area contributed by atoms with Crippen molar-refractivity contribution in [3.63, 3.8) is 0 Å². The molecule has 1 amide bonds. The second-order valence-electron chi connectivity index (χ2n) is 2.77. The van der Waals surface area contributed by atoms with Crippen molar-refractivity contribution in [3.05, 3.63) is 0 Å². The van der Waals surface area contributed by atoms with Crippen molar-refractivity contribution in [3.8, 4) is 0 Å². The Hall–Kier alpha value is -0.690. The lowest BCUT2D eigenvalue weighted by atomic mass is 10.1. The molecule has 0 bridgehead atoms. The molecule has 0 spiro atoms. The Kier molecular flexibility index (Phi) is 2.99. The molecular formula is C6H13N3O3. The molecule has 0 aromatic heterocycles. The van der Waals surface area contributed by atoms with Gasteiger partial charge in [0.25, 0.3) is 0 Å². The zero-order valence-corrected chi connectivity index (χ0v) is 6.56. The number of epoxide rings is 1. The van der Waals surface area contributed by atoms with Crippen molar-refractivity contribution >= 4 is 5.91 Å². The van der Waals surface area contributed by atoms with Gasteiger partial charge >= 0.3 is 0 Å². The number of aliphatic hydroxyl groups excluding tert-OH is 1. The van der Waals surface area contributed by atoms with Crippen molar-refractivity contribution < 1.29 is 14.6 Å². The van der Waals surface area contributed by atoms with E-state index in [1.807, 2.05) is 0 Å². The molecule has 0 aromatic carbocycles. The van der Waals surface area contributed by atoms with Crippen molar-refractivity contribution in [1.82, 2.24) is 5.43 Å². The maximum absolute atomic E-state index is 10.4. The summed E-state index contributed by atoms with van der Waals surface area (Å²) in [4.78, 5) is 10.4. The van der Waals surface area contributed by atoms with E-state index in [4.69, 9.17) is 21.4 Å². The summed E-state index contributed by atoms with van der Waals surface area (Å²) in [6.45, 7) is 0. The molecule has 1 saturated heterocycles. The molecule has 70 valence electrons. The van der Waals surface area contributed by atoms with E-state index in [1.165, 1.54) is 0 Å². The normalized spacial score (nSPS) is 29.8. The van der Waals surface area contributed by atoms with Crippen LogP contribution in [0.3, 0.4) is 0 Å². The number of hydrogen-bond acceptors (Lipinski definition) is 5. The van der Waals surface area contributed by atoms with Crippen LogP contribution in [-0.4, -0.2) is 29.4 Å². The number of hydrogen-bond donors (Lipinski definition) is 4. The molecule has 12 heavy (non-hydrogen) atoms. The van der Waals surface area contributed by atoms with Gasteiger partial charge in [0.2, 0.25) is 5.91 Å². The van der Waals surface area contributed by atoms with E-state index in [0.29, 0.717) is 6.42 Å². The number of ether oxygens (including phenoxy) is 1. The molecular weight excluding hydrogens is 162 g/mol. The van der Waals surface area contributed by atoms with Gasteiger partial charge in [-0.1, -0.05) is 0 Å². The highest BCUT2D eigenvalue weighted by atomic mass is 16.7. The van der Waals surface area contributed by atoms with Gasteiger partial charge in [0, 0.05) is 6.42 Å². The average Bonchev–Trinajstić information content (AvgIpc) is 2.68. The van der Waals surface area contributed by atoms with Crippen LogP contribution in [0.1, 0.15) is 12.8 Å². The van der Waals surface area contributed by atoms with E-state index in [9.17, 15) is 4.79 Å². The van der Waals surface area contributed by atoms with Crippen LogP contribution < -0.4 is 17.0 Å². The van der Waals surface area contributed by atoms with Crippen LogP contribution in [0.4, 0.5) is 0 Å². The molecule has 0 aromatic rings. The fourth-order valence-corrected chi connectivity index (χ4v) is 1.05. The highest BCUT2D eigenvalue weighted by Crippen LogP contribution is 2.24. The molecule has 1 aliphatic heterocycles. The summed E-state index contributed by atoms with van der Waals surface area (Å²) in [6, 6.07) is -0.201. The zero-order valence-electron chi connectivity index (χ0n) is 6.56. The fourth-order valence-electron chi connectivity index (χ4n) is 1.05. The number of amides is 1. The van der Waals surface area contributed by atoms with Crippen molar-refractivity contribution in [2.24, 2.45) is 11.6 Å². The molecule has 0 aliphatic carbocycles. The Morgan fingerprint density at radius 1 is 1.75 bits per heavy atom. The number of primary amides is 1. The summed E-state index contributed by atoms with van der Waals surface area (Å²) in [7, 11) is 0. The van der Waals surface area contributed by atoms with Crippen molar-refractivity contribution in [2.75, 3.05) is 0 Å². The van der Waals surface area contributed by atoms with E-state index in [-0.39, 0.29) is 24.5 Å². The summed E-state index contributed by atoms with van der Waals surface area (Å²) in [5.74, 6) is 4.79. The first kappa shape index (κ1) is 9.40. The molecule has 1 heterocycles. The first-order valence-corrected chi connectivity index (χ1v) is 3.73. The van der Waals surface area contributed by atoms with Crippen LogP contribution in [0.15, 0.2) is 0 Å². The molecule has 1 rings (SSSR count). The highest BCUT2D eigenvalue weighted by Gasteiger charge is 2.43. The van der Waals surface area contributed by atoms with E-state index in [2.05, 4.69) is 5.43 Å². The quantitative estimate of drug-likeness (QED) is 0.215. The molecule has 3 unspecified atom stereocenters. The second-order valence-corrected chi connectivity index (χ2v) is 2.77. The number of aliphatic hydroxyl groups is 1. The Morgan fingerprint density at radius 3 is 2.67 bits per heavy atom. The Balaban J connectivity index is 2.22. The molecule has 0 radical (unpaired) electrons. The van der Waals surface area contributed by atoms with Gasteiger partial charge in [-0.25, -0.2) is 0 Å². The Morgan fingerprint density at radius 2 is 2.33 bits per heavy atom. The van der Waals surface area contributed by atoms with Gasteiger partial charge in [-0.05, 0) is 6.42 Å². The third kappa shape index (κ3) is 2.42. The minimum Gasteiger partial charge on any atom is -0.370 e. The van der Waals surface area contributed by atoms with Gasteiger partial charge in [-0.15, -0.1) is 0 Å². The molecule has 1 aliphatic rings. The predicted octanol–water partition coefficient (Wildman–Crippen LogP) is -2.20. The number of hydrazine groups is 1. The number of carbonyl (C=O) groups excluding carboxylic acids is 1. The van der Waals surface area contributed by atoms with Crippen LogP contribution in [0, 0.1) is 0 Å². The first-order valence-electron chi connectivity index (χ1n) is 3.73. The largest absolute Gasteiger partial charge is 0.370 e. The van der Waals surface area contributed by atoms with Crippen LogP contribution in [0.5, 0.6) is 0 Å². The lowest BCUT2D eigenvalue weighted by molar-refractivity contribution is -0.118. The molecule has 6 nitrogen and oxygen atoms in total. The van der Waals surface area contributed by atoms with Crippen molar-refractivity contribution in [1.29, 1.82) is 0 Å². The van der Waals surface area contributed by atoms with Crippen LogP contribution >= 0.6 is 0 Å². The Labute approximate surface area is 69.8 Å². The maximum Gasteiger partial charge on any atom is 0.217 e. The molecule has 1 fully saturated rings. The van der Waals surface area contributed by atoms with Gasteiger partial charge in [-0.3, -0.25) is 16.1 Å². The minimum absolute atomic E-state index is 0.201. The van der Waals surface area contributed by atoms with Crippen molar-refractivity contribution in [2.45, 2.75) is 31.3 Å². The summed E-state index contributed by atoms with van der Waals surface area (Å²) >= 11 is 0. The standard InChI is InChI=1S/C6H13N3O3/c7-4(10)2-1-3(9-8)5-6(11)12-5/h3,5-6,9,11H,1-2,8H2,(H2,7,10). The smallest absolute Gasteiger partial charge is 0.217 e. The van der Waals surface area contributed by atoms with Crippen LogP contribution in [0.25, 0.3) is 0 Å². The van der Waals surface area contributed by atoms with Crippen LogP contribution in [0.2, 0.25) is 0 Å². The van der Waals surface area contributed by atoms with Gasteiger partial charge in [0.05, 0.1) is 6.04 Å². The summed E-state index contributed by atoms with van der Waals surface area (Å²) in [5, 5.41) is 8.86. The number of nitrogens with one attached hydrogen (secondary N) is 1.